The van der Waals surface area contributed by atoms with Crippen LogP contribution in [0.5, 0.6) is 0 Å². The van der Waals surface area contributed by atoms with E-state index < -0.39 is 0 Å². The van der Waals surface area contributed by atoms with Crippen molar-refractivity contribution in [1.29, 1.82) is 0 Å². The van der Waals surface area contributed by atoms with Crippen LogP contribution in [0.2, 0.25) is 0 Å². The van der Waals surface area contributed by atoms with Gasteiger partial charge in [0, 0.05) is 5.92 Å². The lowest BCUT2D eigenvalue weighted by Gasteiger charge is -2.30. The van der Waals surface area contributed by atoms with Crippen molar-refractivity contribution in [2.75, 3.05) is 13.2 Å². The van der Waals surface area contributed by atoms with Gasteiger partial charge in [-0.2, -0.15) is 0 Å². The summed E-state index contributed by atoms with van der Waals surface area (Å²) >= 11 is 5.16. The summed E-state index contributed by atoms with van der Waals surface area (Å²) in [6.07, 6.45) is 5.58. The average Bonchev–Trinajstić information content (AvgIpc) is 3.22. The highest BCUT2D eigenvalue weighted by atomic mass is 32.1. The number of nitrogens with zero attached hydrogens (tertiary/aromatic N) is 1. The van der Waals surface area contributed by atoms with Gasteiger partial charge in [0.15, 0.2) is 0 Å². The number of allylic oxidation sites excluding steroid dienone is 2. The summed E-state index contributed by atoms with van der Waals surface area (Å²) in [6.45, 7) is 1.12. The van der Waals surface area contributed by atoms with Gasteiger partial charge in [-0.05, 0) is 36.0 Å². The van der Waals surface area contributed by atoms with Crippen molar-refractivity contribution >= 4 is 23.3 Å². The van der Waals surface area contributed by atoms with Gasteiger partial charge in [0.25, 0.3) is 5.17 Å². The van der Waals surface area contributed by atoms with E-state index in [2.05, 4.69) is 36.4 Å². The summed E-state index contributed by atoms with van der Waals surface area (Å²) in [5.74, 6) is 1.24. The summed E-state index contributed by atoms with van der Waals surface area (Å²) in [4.78, 5) is 14.6. The molecule has 0 unspecified atom stereocenters. The summed E-state index contributed by atoms with van der Waals surface area (Å²) in [7, 11) is 0. The van der Waals surface area contributed by atoms with Crippen LogP contribution in [-0.2, 0) is 9.53 Å². The first-order chi connectivity index (χ1) is 10.3. The Morgan fingerprint density at radius 1 is 1.19 bits per heavy atom. The van der Waals surface area contributed by atoms with Crippen LogP contribution in [0.3, 0.4) is 0 Å². The van der Waals surface area contributed by atoms with E-state index in [0.29, 0.717) is 30.2 Å². The topological polar surface area (TPSA) is 29.5 Å². The molecule has 0 aromatic heterocycles. The minimum atomic E-state index is 0.00190. The fraction of sp³-hybridized carbons (Fsp3) is 0.412. The molecule has 1 heterocycles. The minimum Gasteiger partial charge on any atom is -0.469 e. The number of carbonyl (C=O) groups excluding carboxylic acids is 1. The van der Waals surface area contributed by atoms with E-state index in [-0.39, 0.29) is 17.7 Å². The second-order valence-electron chi connectivity index (χ2n) is 6.01. The molecule has 108 valence electrons. The van der Waals surface area contributed by atoms with Crippen molar-refractivity contribution in [3.05, 3.63) is 48.0 Å². The van der Waals surface area contributed by atoms with Crippen molar-refractivity contribution < 1.29 is 9.53 Å². The molecule has 0 spiro atoms. The Morgan fingerprint density at radius 2 is 1.95 bits per heavy atom. The summed E-state index contributed by atoms with van der Waals surface area (Å²) < 4.78 is 5.29. The normalized spacial score (nSPS) is 33.5. The van der Waals surface area contributed by atoms with Crippen LogP contribution in [0.4, 0.5) is 0 Å². The summed E-state index contributed by atoms with van der Waals surface area (Å²) in [6, 6.07) is 10.4. The Morgan fingerprint density at radius 3 is 2.67 bits per heavy atom. The zero-order chi connectivity index (χ0) is 14.4. The first-order valence-electron chi connectivity index (χ1n) is 7.47. The highest BCUT2D eigenvalue weighted by Gasteiger charge is 2.50. The molecule has 3 aliphatic rings. The number of carbonyl (C=O) groups is 1. The molecule has 4 rings (SSSR count). The van der Waals surface area contributed by atoms with Crippen LogP contribution in [0.25, 0.3) is 0 Å². The van der Waals surface area contributed by atoms with E-state index in [1.807, 2.05) is 6.07 Å². The lowest BCUT2D eigenvalue weighted by atomic mass is 9.78. The number of thiocarbonyl (C=S) groups is 1. The van der Waals surface area contributed by atoms with Crippen LogP contribution >= 0.6 is 12.2 Å². The maximum atomic E-state index is 13.0. The third kappa shape index (κ3) is 2.01. The number of benzene rings is 1. The predicted molar refractivity (Wildman–Crippen MR) is 83.7 cm³/mol. The van der Waals surface area contributed by atoms with Gasteiger partial charge in [0.05, 0.1) is 12.5 Å². The first-order valence-corrected chi connectivity index (χ1v) is 7.88. The zero-order valence-electron chi connectivity index (χ0n) is 11.6. The second-order valence-corrected chi connectivity index (χ2v) is 6.36. The fourth-order valence-corrected chi connectivity index (χ4v) is 4.33. The lowest BCUT2D eigenvalue weighted by molar-refractivity contribution is -0.132. The van der Waals surface area contributed by atoms with Gasteiger partial charge in [-0.25, -0.2) is 0 Å². The van der Waals surface area contributed by atoms with Gasteiger partial charge in [-0.15, -0.1) is 0 Å². The van der Waals surface area contributed by atoms with Crippen molar-refractivity contribution in [1.82, 2.24) is 4.90 Å². The molecule has 3 nitrogen and oxygen atoms in total. The molecular formula is C17H17NO2S. The number of hydrogen-bond acceptors (Lipinski definition) is 3. The molecule has 21 heavy (non-hydrogen) atoms. The Labute approximate surface area is 129 Å². The van der Waals surface area contributed by atoms with Crippen molar-refractivity contribution in [2.45, 2.75) is 12.3 Å². The third-order valence-corrected chi connectivity index (χ3v) is 5.29. The second kappa shape index (κ2) is 4.95. The fourth-order valence-electron chi connectivity index (χ4n) is 4.06. The Balaban J connectivity index is 1.68. The molecule has 1 aromatic carbocycles. The molecule has 2 aliphatic carbocycles. The largest absolute Gasteiger partial charge is 0.469 e. The lowest BCUT2D eigenvalue weighted by Crippen LogP contribution is -2.40. The Kier molecular flexibility index (Phi) is 3.07. The Hall–Kier alpha value is -1.68. The highest BCUT2D eigenvalue weighted by Crippen LogP contribution is 2.53. The standard InChI is InChI=1S/C17H17NO2S/c19-16(18-8-9-20-17(18)21)15-13-7-6-12(10-13)14(15)11-4-2-1-3-5-11/h1-7,12-15H,8-10H2/t12-,13-,14-,15-/m1/s1. The molecule has 2 fully saturated rings. The monoisotopic (exact) mass is 299 g/mol. The average molecular weight is 299 g/mol. The molecular weight excluding hydrogens is 282 g/mol. The van der Waals surface area contributed by atoms with Crippen LogP contribution in [0.15, 0.2) is 42.5 Å². The molecule has 1 aromatic rings. The van der Waals surface area contributed by atoms with Gasteiger partial charge in [-0.1, -0.05) is 42.5 Å². The zero-order valence-corrected chi connectivity index (χ0v) is 12.5. The number of amides is 1. The third-order valence-electron chi connectivity index (χ3n) is 4.96. The van der Waals surface area contributed by atoms with E-state index in [1.54, 1.807) is 4.90 Å². The van der Waals surface area contributed by atoms with Crippen LogP contribution in [0, 0.1) is 17.8 Å². The molecule has 4 atom stereocenters. The quantitative estimate of drug-likeness (QED) is 0.621. The number of ether oxygens (including phenoxy) is 1. The Bertz CT molecular complexity index is 612. The van der Waals surface area contributed by atoms with Crippen molar-refractivity contribution in [3.63, 3.8) is 0 Å². The van der Waals surface area contributed by atoms with Crippen molar-refractivity contribution in [2.24, 2.45) is 17.8 Å². The van der Waals surface area contributed by atoms with Gasteiger partial charge >= 0.3 is 0 Å². The number of fused-ring (bicyclic) bond motifs is 2. The first kappa shape index (κ1) is 13.0. The highest BCUT2D eigenvalue weighted by molar-refractivity contribution is 7.80. The van der Waals surface area contributed by atoms with Crippen LogP contribution < -0.4 is 0 Å². The van der Waals surface area contributed by atoms with Gasteiger partial charge in [-0.3, -0.25) is 9.69 Å². The summed E-state index contributed by atoms with van der Waals surface area (Å²) in [5.41, 5.74) is 1.26. The van der Waals surface area contributed by atoms with Gasteiger partial charge < -0.3 is 4.74 Å². The van der Waals surface area contributed by atoms with Crippen LogP contribution in [-0.4, -0.2) is 29.1 Å². The van der Waals surface area contributed by atoms with E-state index in [4.69, 9.17) is 17.0 Å². The molecule has 1 amide bonds. The van der Waals surface area contributed by atoms with Crippen LogP contribution in [0.1, 0.15) is 17.9 Å². The number of rotatable bonds is 2. The molecule has 0 N–H and O–H groups in total. The van der Waals surface area contributed by atoms with E-state index in [0.717, 1.165) is 6.42 Å². The predicted octanol–water partition coefficient (Wildman–Crippen LogP) is 2.74. The molecule has 1 aliphatic heterocycles. The minimum absolute atomic E-state index is 0.00190. The van der Waals surface area contributed by atoms with Crippen molar-refractivity contribution in [3.8, 4) is 0 Å². The maximum Gasteiger partial charge on any atom is 0.266 e. The van der Waals surface area contributed by atoms with Gasteiger partial charge in [0.1, 0.15) is 6.61 Å². The molecule has 1 saturated carbocycles. The van der Waals surface area contributed by atoms with Gasteiger partial charge in [0.2, 0.25) is 5.91 Å². The maximum absolute atomic E-state index is 13.0. The van der Waals surface area contributed by atoms with E-state index >= 15 is 0 Å². The SMILES string of the molecule is O=C([C@H]1[C@H](c2ccccc2)[C@@H]2C=C[C@@H]1C2)N1CCOC1=S. The molecule has 2 bridgehead atoms. The molecule has 1 saturated heterocycles. The summed E-state index contributed by atoms with van der Waals surface area (Å²) in [5, 5.41) is 0.346. The smallest absolute Gasteiger partial charge is 0.266 e. The van der Waals surface area contributed by atoms with E-state index in [1.165, 1.54) is 5.56 Å². The molecule has 0 radical (unpaired) electrons. The molecule has 4 heteroatoms. The van der Waals surface area contributed by atoms with E-state index in [9.17, 15) is 4.79 Å². The number of hydrogen-bond donors (Lipinski definition) is 0.